The fourth-order valence-corrected chi connectivity index (χ4v) is 2.25. The Bertz CT molecular complexity index is 769. The molecule has 2 N–H and O–H groups in total. The van der Waals surface area contributed by atoms with E-state index >= 15 is 0 Å². The molecule has 0 atom stereocenters. The molecule has 0 saturated heterocycles. The molecule has 5 nitrogen and oxygen atoms in total. The van der Waals surface area contributed by atoms with E-state index in [9.17, 15) is 9.59 Å². The Kier molecular flexibility index (Phi) is 6.45. The molecule has 0 aliphatic rings. The van der Waals surface area contributed by atoms with Crippen LogP contribution in [0.4, 0.5) is 0 Å². The number of nitrogens with zero attached hydrogens (tertiary/aromatic N) is 1. The molecule has 2 amide bonds. The number of nitrogens with one attached hydrogen (secondary N) is 2. The van der Waals surface area contributed by atoms with Gasteiger partial charge in [0.2, 0.25) is 0 Å². The molecular weight excluding hydrogens is 370 g/mol. The van der Waals surface area contributed by atoms with Crippen LogP contribution < -0.4 is 10.7 Å². The summed E-state index contributed by atoms with van der Waals surface area (Å²) in [6.45, 7) is 0. The topological polar surface area (TPSA) is 70.6 Å². The molecule has 0 aliphatic heterocycles. The number of amides is 2. The highest BCUT2D eigenvalue weighted by Gasteiger charge is 2.06. The van der Waals surface area contributed by atoms with Gasteiger partial charge in [0.05, 0.1) is 6.21 Å². The summed E-state index contributed by atoms with van der Waals surface area (Å²) >= 11 is 3.37. The summed E-state index contributed by atoms with van der Waals surface area (Å²) in [5.41, 5.74) is 4.37. The van der Waals surface area contributed by atoms with E-state index in [1.807, 2.05) is 36.4 Å². The summed E-state index contributed by atoms with van der Waals surface area (Å²) in [6.07, 6.45) is 3.39. The van der Waals surface area contributed by atoms with Gasteiger partial charge >= 0.3 is 0 Å². The van der Waals surface area contributed by atoms with Gasteiger partial charge in [-0.2, -0.15) is 5.10 Å². The molecule has 0 spiro atoms. The largest absolute Gasteiger partial charge is 0.355 e. The van der Waals surface area contributed by atoms with Crippen LogP contribution in [-0.4, -0.2) is 25.1 Å². The highest BCUT2D eigenvalue weighted by molar-refractivity contribution is 9.12. The number of carbonyl (C=O) groups is 2. The van der Waals surface area contributed by atoms with Crippen LogP contribution in [0.2, 0.25) is 0 Å². The van der Waals surface area contributed by atoms with Gasteiger partial charge < -0.3 is 5.32 Å². The third kappa shape index (κ3) is 5.17. The zero-order chi connectivity index (χ0) is 17.4. The molecule has 122 valence electrons. The van der Waals surface area contributed by atoms with Crippen molar-refractivity contribution in [2.45, 2.75) is 0 Å². The Morgan fingerprint density at radius 2 is 1.54 bits per heavy atom. The van der Waals surface area contributed by atoms with Crippen molar-refractivity contribution in [3.05, 3.63) is 75.8 Å². The average molecular weight is 386 g/mol. The number of halogens is 1. The second-order valence-corrected chi connectivity index (χ2v) is 5.71. The highest BCUT2D eigenvalue weighted by Crippen LogP contribution is 2.10. The second-order valence-electron chi connectivity index (χ2n) is 4.80. The molecule has 0 radical (unpaired) electrons. The summed E-state index contributed by atoms with van der Waals surface area (Å²) in [4.78, 5) is 23.4. The van der Waals surface area contributed by atoms with E-state index in [0.29, 0.717) is 11.1 Å². The monoisotopic (exact) mass is 385 g/mol. The van der Waals surface area contributed by atoms with Crippen LogP contribution in [0.3, 0.4) is 0 Å². The third-order valence-corrected chi connectivity index (χ3v) is 3.53. The summed E-state index contributed by atoms with van der Waals surface area (Å²) in [6, 6.07) is 16.1. The number of benzene rings is 2. The molecule has 0 bridgehead atoms. The van der Waals surface area contributed by atoms with Gasteiger partial charge in [-0.05, 0) is 51.8 Å². The highest BCUT2D eigenvalue weighted by atomic mass is 79.9. The lowest BCUT2D eigenvalue weighted by Crippen LogP contribution is -2.19. The lowest BCUT2D eigenvalue weighted by molar-refractivity contribution is 0.0946. The second kappa shape index (κ2) is 8.79. The zero-order valence-electron chi connectivity index (χ0n) is 13.0. The summed E-state index contributed by atoms with van der Waals surface area (Å²) in [5.74, 6) is -0.551. The first-order valence-corrected chi connectivity index (χ1v) is 7.97. The van der Waals surface area contributed by atoms with E-state index in [2.05, 4.69) is 31.8 Å². The van der Waals surface area contributed by atoms with E-state index in [4.69, 9.17) is 0 Å². The van der Waals surface area contributed by atoms with E-state index in [0.717, 1.165) is 10.0 Å². The van der Waals surface area contributed by atoms with Crippen molar-refractivity contribution < 1.29 is 9.59 Å². The van der Waals surface area contributed by atoms with Gasteiger partial charge in [0.15, 0.2) is 0 Å². The number of carbonyl (C=O) groups excluding carboxylic acids is 2. The number of hydrogen-bond acceptors (Lipinski definition) is 3. The van der Waals surface area contributed by atoms with Crippen molar-refractivity contribution in [2.75, 3.05) is 7.05 Å². The van der Waals surface area contributed by atoms with Gasteiger partial charge in [0.25, 0.3) is 11.8 Å². The van der Waals surface area contributed by atoms with E-state index in [1.54, 1.807) is 31.3 Å². The number of rotatable bonds is 5. The minimum atomic E-state index is -0.352. The molecule has 6 heteroatoms. The van der Waals surface area contributed by atoms with Crippen LogP contribution in [0.25, 0.3) is 6.08 Å². The van der Waals surface area contributed by atoms with Crippen LogP contribution >= 0.6 is 15.9 Å². The lowest BCUT2D eigenvalue weighted by atomic mass is 10.1. The number of allylic oxidation sites excluding steroid dienone is 1. The van der Waals surface area contributed by atoms with Gasteiger partial charge in [-0.25, -0.2) is 5.43 Å². The molecule has 2 rings (SSSR count). The van der Waals surface area contributed by atoms with Gasteiger partial charge in [-0.3, -0.25) is 9.59 Å². The van der Waals surface area contributed by atoms with Gasteiger partial charge in [0.1, 0.15) is 0 Å². The minimum Gasteiger partial charge on any atom is -0.355 e. The van der Waals surface area contributed by atoms with Crippen molar-refractivity contribution in [1.82, 2.24) is 10.7 Å². The molecule has 24 heavy (non-hydrogen) atoms. The maximum absolute atomic E-state index is 12.0. The van der Waals surface area contributed by atoms with Crippen molar-refractivity contribution in [3.8, 4) is 0 Å². The van der Waals surface area contributed by atoms with E-state index < -0.39 is 0 Å². The fraction of sp³-hybridized carbons (Fsp3) is 0.0556. The molecular formula is C18H16BrN3O2. The minimum absolute atomic E-state index is 0.199. The van der Waals surface area contributed by atoms with E-state index in [1.165, 1.54) is 6.21 Å². The fourth-order valence-electron chi connectivity index (χ4n) is 1.88. The van der Waals surface area contributed by atoms with Gasteiger partial charge in [-0.1, -0.05) is 30.3 Å². The van der Waals surface area contributed by atoms with Gasteiger partial charge in [-0.15, -0.1) is 0 Å². The summed E-state index contributed by atoms with van der Waals surface area (Å²) in [5, 5.41) is 6.42. The summed E-state index contributed by atoms with van der Waals surface area (Å²) in [7, 11) is 1.55. The Balaban J connectivity index is 1.95. The van der Waals surface area contributed by atoms with Crippen LogP contribution in [0.5, 0.6) is 0 Å². The molecule has 0 aliphatic carbocycles. The van der Waals surface area contributed by atoms with Crippen molar-refractivity contribution in [2.24, 2.45) is 5.10 Å². The normalized spacial score (nSPS) is 11.3. The van der Waals surface area contributed by atoms with Crippen molar-refractivity contribution in [3.63, 3.8) is 0 Å². The number of hydrogen-bond donors (Lipinski definition) is 2. The van der Waals surface area contributed by atoms with Crippen LogP contribution in [-0.2, 0) is 0 Å². The first-order valence-electron chi connectivity index (χ1n) is 7.18. The smallest absolute Gasteiger partial charge is 0.271 e. The average Bonchev–Trinajstić information content (AvgIpc) is 2.62. The van der Waals surface area contributed by atoms with Crippen LogP contribution in [0.15, 0.2) is 64.2 Å². The molecule has 2 aromatic rings. The molecule has 0 unspecified atom stereocenters. The maximum Gasteiger partial charge on any atom is 0.271 e. The molecule has 0 heterocycles. The van der Waals surface area contributed by atoms with Crippen LogP contribution in [0, 0.1) is 0 Å². The predicted octanol–water partition coefficient (Wildman–Crippen LogP) is 3.20. The van der Waals surface area contributed by atoms with Crippen molar-refractivity contribution >= 4 is 40.0 Å². The Labute approximate surface area is 148 Å². The molecule has 0 saturated carbocycles. The molecule has 0 fully saturated rings. The standard InChI is InChI=1S/C18H16BrN3O2/c1-20-17(23)14-7-9-15(10-8-14)18(24)22-21-12-16(19)11-13-5-3-2-4-6-13/h2-12H,1H3,(H,20,23)(H,22,24)/b16-11-,21-12-. The first-order chi connectivity index (χ1) is 11.6. The summed E-state index contributed by atoms with van der Waals surface area (Å²) < 4.78 is 0.726. The SMILES string of the molecule is CNC(=O)c1ccc(C(=O)N/N=C\C(Br)=C\c2ccccc2)cc1. The Morgan fingerprint density at radius 1 is 0.958 bits per heavy atom. The van der Waals surface area contributed by atoms with Crippen LogP contribution in [0.1, 0.15) is 26.3 Å². The zero-order valence-corrected chi connectivity index (χ0v) is 14.6. The Hall–Kier alpha value is -2.73. The van der Waals surface area contributed by atoms with Crippen molar-refractivity contribution in [1.29, 1.82) is 0 Å². The Morgan fingerprint density at radius 3 is 2.12 bits per heavy atom. The van der Waals surface area contributed by atoms with E-state index in [-0.39, 0.29) is 11.8 Å². The lowest BCUT2D eigenvalue weighted by Gasteiger charge is -2.02. The third-order valence-electron chi connectivity index (χ3n) is 3.09. The quantitative estimate of drug-likeness (QED) is 0.612. The maximum atomic E-state index is 12.0. The predicted molar refractivity (Wildman–Crippen MR) is 99.1 cm³/mol. The number of hydrazone groups is 1. The first kappa shape index (κ1) is 17.6. The van der Waals surface area contributed by atoms with Gasteiger partial charge in [0, 0.05) is 22.7 Å². The molecule has 0 aromatic heterocycles. The molecule has 2 aromatic carbocycles.